The third-order valence-corrected chi connectivity index (χ3v) is 3.24. The SMILES string of the molecule is Cc1nc(C(O)c2ccc(F)cc2C)cs1. The lowest BCUT2D eigenvalue weighted by Gasteiger charge is -2.11. The second kappa shape index (κ2) is 4.31. The zero-order valence-electron chi connectivity index (χ0n) is 9.07. The largest absolute Gasteiger partial charge is 0.382 e. The Morgan fingerprint density at radius 1 is 1.38 bits per heavy atom. The number of nitrogens with zero attached hydrogens (tertiary/aromatic N) is 1. The third kappa shape index (κ3) is 2.13. The molecule has 0 radical (unpaired) electrons. The minimum Gasteiger partial charge on any atom is -0.382 e. The van der Waals surface area contributed by atoms with Gasteiger partial charge in [0.05, 0.1) is 10.7 Å². The van der Waals surface area contributed by atoms with E-state index < -0.39 is 6.10 Å². The van der Waals surface area contributed by atoms with Crippen molar-refractivity contribution in [2.24, 2.45) is 0 Å². The van der Waals surface area contributed by atoms with Crippen LogP contribution in [-0.2, 0) is 0 Å². The quantitative estimate of drug-likeness (QED) is 0.871. The molecular formula is C12H12FNOS. The maximum Gasteiger partial charge on any atom is 0.123 e. The Kier molecular flexibility index (Phi) is 3.03. The molecule has 84 valence electrons. The van der Waals surface area contributed by atoms with Crippen molar-refractivity contribution in [1.82, 2.24) is 4.98 Å². The molecular weight excluding hydrogens is 225 g/mol. The van der Waals surface area contributed by atoms with Gasteiger partial charge >= 0.3 is 0 Å². The van der Waals surface area contributed by atoms with Crippen LogP contribution in [0.15, 0.2) is 23.6 Å². The molecule has 1 atom stereocenters. The lowest BCUT2D eigenvalue weighted by molar-refractivity contribution is 0.215. The molecule has 2 rings (SSSR count). The molecule has 2 nitrogen and oxygen atoms in total. The molecule has 0 aliphatic rings. The third-order valence-electron chi connectivity index (χ3n) is 2.44. The summed E-state index contributed by atoms with van der Waals surface area (Å²) in [7, 11) is 0. The number of thiazole rings is 1. The monoisotopic (exact) mass is 237 g/mol. The first-order chi connectivity index (χ1) is 7.58. The van der Waals surface area contributed by atoms with Gasteiger partial charge < -0.3 is 5.11 Å². The van der Waals surface area contributed by atoms with Crippen molar-refractivity contribution < 1.29 is 9.50 Å². The van der Waals surface area contributed by atoms with Crippen LogP contribution in [0.3, 0.4) is 0 Å². The van der Waals surface area contributed by atoms with Crippen molar-refractivity contribution in [3.05, 3.63) is 51.2 Å². The number of hydrogen-bond acceptors (Lipinski definition) is 3. The topological polar surface area (TPSA) is 33.1 Å². The van der Waals surface area contributed by atoms with Gasteiger partial charge in [0.1, 0.15) is 11.9 Å². The highest BCUT2D eigenvalue weighted by molar-refractivity contribution is 7.09. The first-order valence-corrected chi connectivity index (χ1v) is 5.82. The van der Waals surface area contributed by atoms with Crippen LogP contribution in [0, 0.1) is 19.7 Å². The molecule has 1 aromatic carbocycles. The minimum atomic E-state index is -0.773. The van der Waals surface area contributed by atoms with E-state index in [0.29, 0.717) is 11.3 Å². The van der Waals surface area contributed by atoms with Crippen LogP contribution in [0.4, 0.5) is 4.39 Å². The Balaban J connectivity index is 2.37. The van der Waals surface area contributed by atoms with E-state index in [9.17, 15) is 9.50 Å². The lowest BCUT2D eigenvalue weighted by Crippen LogP contribution is -2.02. The average molecular weight is 237 g/mol. The van der Waals surface area contributed by atoms with Crippen molar-refractivity contribution in [3.8, 4) is 0 Å². The molecule has 4 heteroatoms. The van der Waals surface area contributed by atoms with Crippen LogP contribution in [0.5, 0.6) is 0 Å². The van der Waals surface area contributed by atoms with Crippen molar-refractivity contribution in [2.75, 3.05) is 0 Å². The number of aliphatic hydroxyl groups is 1. The zero-order chi connectivity index (χ0) is 11.7. The van der Waals surface area contributed by atoms with Crippen molar-refractivity contribution in [2.45, 2.75) is 20.0 Å². The highest BCUT2D eigenvalue weighted by atomic mass is 32.1. The van der Waals surface area contributed by atoms with Gasteiger partial charge in [-0.05, 0) is 37.1 Å². The number of benzene rings is 1. The molecule has 0 aliphatic carbocycles. The smallest absolute Gasteiger partial charge is 0.123 e. The van der Waals surface area contributed by atoms with Gasteiger partial charge in [0.2, 0.25) is 0 Å². The fourth-order valence-electron chi connectivity index (χ4n) is 1.61. The molecule has 0 saturated heterocycles. The fraction of sp³-hybridized carbons (Fsp3) is 0.250. The predicted molar refractivity (Wildman–Crippen MR) is 62.0 cm³/mol. The van der Waals surface area contributed by atoms with Gasteiger partial charge in [-0.25, -0.2) is 9.37 Å². The summed E-state index contributed by atoms with van der Waals surface area (Å²) in [5.74, 6) is -0.289. The molecule has 0 fully saturated rings. The summed E-state index contributed by atoms with van der Waals surface area (Å²) in [4.78, 5) is 4.23. The number of aliphatic hydroxyl groups excluding tert-OH is 1. The maximum absolute atomic E-state index is 12.9. The summed E-state index contributed by atoms with van der Waals surface area (Å²) in [6.07, 6.45) is -0.773. The Bertz CT molecular complexity index is 509. The van der Waals surface area contributed by atoms with Gasteiger partial charge in [-0.2, -0.15) is 0 Å². The number of hydrogen-bond donors (Lipinski definition) is 1. The van der Waals surface area contributed by atoms with Crippen molar-refractivity contribution in [3.63, 3.8) is 0 Å². The van der Waals surface area contributed by atoms with E-state index in [1.807, 2.05) is 12.3 Å². The second-order valence-corrected chi connectivity index (χ2v) is 4.76. The van der Waals surface area contributed by atoms with E-state index in [1.54, 1.807) is 13.0 Å². The van der Waals surface area contributed by atoms with Gasteiger partial charge in [-0.1, -0.05) is 6.07 Å². The molecule has 1 N–H and O–H groups in total. The van der Waals surface area contributed by atoms with Crippen LogP contribution in [0.25, 0.3) is 0 Å². The van der Waals surface area contributed by atoms with Crippen LogP contribution >= 0.6 is 11.3 Å². The maximum atomic E-state index is 12.9. The number of halogens is 1. The van der Waals surface area contributed by atoms with Gasteiger partial charge in [0.15, 0.2) is 0 Å². The lowest BCUT2D eigenvalue weighted by atomic mass is 10.0. The Morgan fingerprint density at radius 2 is 2.12 bits per heavy atom. The van der Waals surface area contributed by atoms with Gasteiger partial charge in [0.25, 0.3) is 0 Å². The first-order valence-electron chi connectivity index (χ1n) is 4.94. The molecule has 0 saturated carbocycles. The van der Waals surface area contributed by atoms with Crippen LogP contribution in [0.2, 0.25) is 0 Å². The second-order valence-electron chi connectivity index (χ2n) is 3.69. The Labute approximate surface area is 97.4 Å². The van der Waals surface area contributed by atoms with E-state index in [4.69, 9.17) is 0 Å². The minimum absolute atomic E-state index is 0.289. The van der Waals surface area contributed by atoms with E-state index in [1.165, 1.54) is 23.5 Å². The molecule has 2 aromatic rings. The molecule has 16 heavy (non-hydrogen) atoms. The summed E-state index contributed by atoms with van der Waals surface area (Å²) in [6, 6.07) is 4.37. The number of rotatable bonds is 2. The molecule has 0 amide bonds. The molecule has 1 unspecified atom stereocenters. The van der Waals surface area contributed by atoms with Gasteiger partial charge in [0, 0.05) is 5.38 Å². The number of aromatic nitrogens is 1. The van der Waals surface area contributed by atoms with Crippen LogP contribution in [0.1, 0.15) is 27.9 Å². The summed E-state index contributed by atoms with van der Waals surface area (Å²) in [6.45, 7) is 3.67. The van der Waals surface area contributed by atoms with Crippen LogP contribution in [-0.4, -0.2) is 10.1 Å². The standard InChI is InChI=1S/C12H12FNOS/c1-7-5-9(13)3-4-10(7)12(15)11-6-16-8(2)14-11/h3-6,12,15H,1-2H3. The molecule has 0 bridgehead atoms. The van der Waals surface area contributed by atoms with Crippen LogP contribution < -0.4 is 0 Å². The summed E-state index contributed by atoms with van der Waals surface area (Å²) < 4.78 is 12.9. The Hall–Kier alpha value is -1.26. The Morgan fingerprint density at radius 3 is 2.69 bits per heavy atom. The van der Waals surface area contributed by atoms with Crippen molar-refractivity contribution in [1.29, 1.82) is 0 Å². The van der Waals surface area contributed by atoms with E-state index in [-0.39, 0.29) is 5.82 Å². The van der Waals surface area contributed by atoms with Gasteiger partial charge in [-0.15, -0.1) is 11.3 Å². The average Bonchev–Trinajstić information content (AvgIpc) is 2.64. The molecule has 0 spiro atoms. The van der Waals surface area contributed by atoms with E-state index in [0.717, 1.165) is 10.6 Å². The summed E-state index contributed by atoms with van der Waals surface area (Å²) in [5.41, 5.74) is 2.06. The first kappa shape index (κ1) is 11.2. The van der Waals surface area contributed by atoms with E-state index in [2.05, 4.69) is 4.98 Å². The zero-order valence-corrected chi connectivity index (χ0v) is 9.88. The molecule has 0 aliphatic heterocycles. The van der Waals surface area contributed by atoms with Crippen molar-refractivity contribution >= 4 is 11.3 Å². The number of aryl methyl sites for hydroxylation is 2. The predicted octanol–water partition coefficient (Wildman–Crippen LogP) is 2.98. The fourth-order valence-corrected chi connectivity index (χ4v) is 2.24. The highest BCUT2D eigenvalue weighted by Crippen LogP contribution is 2.26. The van der Waals surface area contributed by atoms with E-state index >= 15 is 0 Å². The summed E-state index contributed by atoms with van der Waals surface area (Å²) >= 11 is 1.49. The molecule has 1 heterocycles. The highest BCUT2D eigenvalue weighted by Gasteiger charge is 2.15. The molecule has 1 aromatic heterocycles. The summed E-state index contributed by atoms with van der Waals surface area (Å²) in [5, 5.41) is 12.8. The normalized spacial score (nSPS) is 12.8. The van der Waals surface area contributed by atoms with Gasteiger partial charge in [-0.3, -0.25) is 0 Å².